The van der Waals surface area contributed by atoms with E-state index in [0.29, 0.717) is 29.8 Å². The lowest BCUT2D eigenvalue weighted by Crippen LogP contribution is -2.43. The molecule has 0 bridgehead atoms. The van der Waals surface area contributed by atoms with Crippen LogP contribution < -0.4 is 10.5 Å². The average molecular weight is 578 g/mol. The number of hydrogen-bond acceptors (Lipinski definition) is 7. The molecule has 0 aliphatic carbocycles. The van der Waals surface area contributed by atoms with Crippen LogP contribution in [-0.4, -0.2) is 30.1 Å². The maximum absolute atomic E-state index is 13.7. The monoisotopic (exact) mass is 577 g/mol. The van der Waals surface area contributed by atoms with Crippen LogP contribution in [0.5, 0.6) is 0 Å². The molecule has 0 radical (unpaired) electrons. The van der Waals surface area contributed by atoms with Gasteiger partial charge in [-0.15, -0.1) is 0 Å². The summed E-state index contributed by atoms with van der Waals surface area (Å²) in [6.07, 6.45) is 4.28. The van der Waals surface area contributed by atoms with Crippen LogP contribution in [0.15, 0.2) is 89.3 Å². The van der Waals surface area contributed by atoms with Gasteiger partial charge in [0.2, 0.25) is 0 Å². The molecule has 1 unspecified atom stereocenters. The number of pyridine rings is 1. The van der Waals surface area contributed by atoms with Crippen molar-refractivity contribution in [2.75, 3.05) is 10.5 Å². The molecule has 8 nitrogen and oxygen atoms in total. The van der Waals surface area contributed by atoms with Crippen LogP contribution in [0.4, 0.5) is 11.4 Å². The van der Waals surface area contributed by atoms with Gasteiger partial charge in [-0.3, -0.25) is 4.72 Å². The predicted molar refractivity (Wildman–Crippen MR) is 161 cm³/mol. The quantitative estimate of drug-likeness (QED) is 0.234. The van der Waals surface area contributed by atoms with Gasteiger partial charge < -0.3 is 15.6 Å². The third kappa shape index (κ3) is 7.08. The number of aromatic nitrogens is 1. The third-order valence-electron chi connectivity index (χ3n) is 7.41. The molecule has 0 amide bonds. The molecule has 9 heteroatoms. The summed E-state index contributed by atoms with van der Waals surface area (Å²) in [5.74, 6) is -1.06. The minimum atomic E-state index is -3.98. The van der Waals surface area contributed by atoms with Gasteiger partial charge in [-0.1, -0.05) is 76.6 Å². The largest absolute Gasteiger partial charge is 0.512 e. The second-order valence-corrected chi connectivity index (χ2v) is 13.4. The number of nitrogens with zero attached hydrogens (tertiary/aromatic N) is 1. The van der Waals surface area contributed by atoms with E-state index in [9.17, 15) is 18.3 Å². The maximum atomic E-state index is 13.7. The first-order chi connectivity index (χ1) is 19.3. The number of sulfonamides is 1. The molecule has 4 rings (SSSR count). The molecular weight excluding hydrogens is 538 g/mol. The van der Waals surface area contributed by atoms with Gasteiger partial charge in [0.25, 0.3) is 10.0 Å². The highest BCUT2D eigenvalue weighted by atomic mass is 32.2. The topological polar surface area (TPSA) is 132 Å². The number of cyclic esters (lactones) is 1. The predicted octanol–water partition coefficient (Wildman–Crippen LogP) is 6.53. The SMILES string of the molecule is CCC[C@]1(CCc2ccccc2)CC(O)=C(C(c2cccc(NS(=O)(=O)c3ccc(N)cn3)c2)C(C)(C)C)C(=O)O1. The summed E-state index contributed by atoms with van der Waals surface area (Å²) < 4.78 is 34.7. The summed E-state index contributed by atoms with van der Waals surface area (Å²) in [5.41, 5.74) is 7.05. The Kier molecular flexibility index (Phi) is 8.77. The fourth-order valence-corrected chi connectivity index (χ4v) is 6.59. The Bertz CT molecular complexity index is 1510. The normalized spacial score (nSPS) is 18.6. The first kappa shape index (κ1) is 30.1. The molecule has 1 aliphatic rings. The van der Waals surface area contributed by atoms with E-state index in [2.05, 4.69) is 9.71 Å². The van der Waals surface area contributed by atoms with Gasteiger partial charge in [-0.25, -0.2) is 9.78 Å². The Hall–Kier alpha value is -3.85. The molecule has 1 aliphatic heterocycles. The lowest BCUT2D eigenvalue weighted by atomic mass is 9.70. The van der Waals surface area contributed by atoms with Gasteiger partial charge in [-0.2, -0.15) is 8.42 Å². The molecular formula is C32H39N3O5S. The lowest BCUT2D eigenvalue weighted by Gasteiger charge is -2.41. The smallest absolute Gasteiger partial charge is 0.338 e. The van der Waals surface area contributed by atoms with Crippen molar-refractivity contribution in [1.29, 1.82) is 0 Å². The van der Waals surface area contributed by atoms with E-state index in [4.69, 9.17) is 10.5 Å². The van der Waals surface area contributed by atoms with Gasteiger partial charge in [-0.05, 0) is 60.1 Å². The fraction of sp³-hybridized carbons (Fsp3) is 0.375. The Balaban J connectivity index is 1.66. The van der Waals surface area contributed by atoms with Crippen molar-refractivity contribution < 1.29 is 23.1 Å². The average Bonchev–Trinajstić information content (AvgIpc) is 2.90. The van der Waals surface area contributed by atoms with E-state index in [1.54, 1.807) is 18.2 Å². The molecule has 218 valence electrons. The highest BCUT2D eigenvalue weighted by Crippen LogP contribution is 2.47. The highest BCUT2D eigenvalue weighted by Gasteiger charge is 2.46. The Labute approximate surface area is 242 Å². The van der Waals surface area contributed by atoms with Crippen LogP contribution in [-0.2, 0) is 26.0 Å². The summed E-state index contributed by atoms with van der Waals surface area (Å²) in [6, 6.07) is 19.7. The summed E-state index contributed by atoms with van der Waals surface area (Å²) in [4.78, 5) is 17.6. The van der Waals surface area contributed by atoms with Crippen LogP contribution in [0, 0.1) is 5.41 Å². The molecule has 41 heavy (non-hydrogen) atoms. The molecule has 2 atom stereocenters. The Morgan fingerprint density at radius 2 is 1.80 bits per heavy atom. The molecule has 0 fully saturated rings. The number of aliphatic hydroxyl groups excluding tert-OH is 1. The lowest BCUT2D eigenvalue weighted by molar-refractivity contribution is -0.161. The van der Waals surface area contributed by atoms with Gasteiger partial charge in [0.15, 0.2) is 5.03 Å². The summed E-state index contributed by atoms with van der Waals surface area (Å²) >= 11 is 0. The number of ether oxygens (including phenoxy) is 1. The number of nitrogens with two attached hydrogens (primary N) is 1. The number of rotatable bonds is 10. The Morgan fingerprint density at radius 3 is 2.41 bits per heavy atom. The number of nitrogen functional groups attached to an aromatic ring is 1. The molecule has 3 aromatic rings. The first-order valence-electron chi connectivity index (χ1n) is 13.9. The van der Waals surface area contributed by atoms with Gasteiger partial charge in [0, 0.05) is 18.0 Å². The first-order valence-corrected chi connectivity index (χ1v) is 15.4. The number of esters is 1. The van der Waals surface area contributed by atoms with Crippen molar-refractivity contribution in [3.63, 3.8) is 0 Å². The van der Waals surface area contributed by atoms with E-state index in [-0.39, 0.29) is 22.8 Å². The van der Waals surface area contributed by atoms with Crippen LogP contribution >= 0.6 is 0 Å². The van der Waals surface area contributed by atoms with Crippen molar-refractivity contribution in [2.45, 2.75) is 76.3 Å². The van der Waals surface area contributed by atoms with Crippen molar-refractivity contribution >= 4 is 27.4 Å². The zero-order valence-corrected chi connectivity index (χ0v) is 24.9. The number of aryl methyl sites for hydroxylation is 1. The zero-order chi connectivity index (χ0) is 29.8. The second-order valence-electron chi connectivity index (χ2n) is 11.8. The standard InChI is InChI=1S/C32H39N3O5S/c1-5-17-32(18-16-22-10-7-6-8-11-22)20-26(36)28(30(37)40-32)29(31(2,3)4)23-12-9-13-25(19-23)35-41(38,39)27-15-14-24(33)21-34-27/h6-15,19,21,29,35-36H,5,16-18,20,33H2,1-4H3/t29?,32-/m0/s1. The number of carbonyl (C=O) groups is 1. The minimum Gasteiger partial charge on any atom is -0.512 e. The van der Waals surface area contributed by atoms with Gasteiger partial charge in [0.05, 0.1) is 17.5 Å². The number of carbonyl (C=O) groups excluding carboxylic acids is 1. The molecule has 0 saturated heterocycles. The van der Waals surface area contributed by atoms with E-state index >= 15 is 0 Å². The maximum Gasteiger partial charge on any atom is 0.338 e. The summed E-state index contributed by atoms with van der Waals surface area (Å²) in [6.45, 7) is 7.97. The second kappa shape index (κ2) is 11.9. The molecule has 1 aromatic heterocycles. The van der Waals surface area contributed by atoms with Crippen LogP contribution in [0.3, 0.4) is 0 Å². The van der Waals surface area contributed by atoms with E-state index < -0.39 is 32.9 Å². The molecule has 0 saturated carbocycles. The van der Waals surface area contributed by atoms with E-state index in [1.807, 2.05) is 64.1 Å². The van der Waals surface area contributed by atoms with Crippen LogP contribution in [0.25, 0.3) is 0 Å². The highest BCUT2D eigenvalue weighted by molar-refractivity contribution is 7.92. The van der Waals surface area contributed by atoms with E-state index in [1.165, 1.54) is 18.3 Å². The third-order valence-corrected chi connectivity index (χ3v) is 8.71. The molecule has 4 N–H and O–H groups in total. The number of benzene rings is 2. The number of nitrogens with one attached hydrogen (secondary N) is 1. The van der Waals surface area contributed by atoms with E-state index in [0.717, 1.165) is 18.4 Å². The number of anilines is 2. The fourth-order valence-electron chi connectivity index (χ4n) is 5.61. The van der Waals surface area contributed by atoms with Crippen molar-refractivity contribution in [2.24, 2.45) is 5.41 Å². The molecule has 2 aromatic carbocycles. The zero-order valence-electron chi connectivity index (χ0n) is 24.1. The molecule has 0 spiro atoms. The Morgan fingerprint density at radius 1 is 1.07 bits per heavy atom. The van der Waals surface area contributed by atoms with Crippen molar-refractivity contribution in [1.82, 2.24) is 4.98 Å². The number of aliphatic hydroxyl groups is 1. The summed E-state index contributed by atoms with van der Waals surface area (Å²) in [7, 11) is -3.98. The van der Waals surface area contributed by atoms with Gasteiger partial charge >= 0.3 is 5.97 Å². The van der Waals surface area contributed by atoms with Gasteiger partial charge in [0.1, 0.15) is 11.4 Å². The van der Waals surface area contributed by atoms with Crippen molar-refractivity contribution in [3.8, 4) is 0 Å². The minimum absolute atomic E-state index is 0.0275. The van der Waals surface area contributed by atoms with Crippen molar-refractivity contribution in [3.05, 3.63) is 95.4 Å². The summed E-state index contributed by atoms with van der Waals surface area (Å²) in [5, 5.41) is 11.3. The number of hydrogen-bond donors (Lipinski definition) is 3. The van der Waals surface area contributed by atoms with Crippen LogP contribution in [0.2, 0.25) is 0 Å². The van der Waals surface area contributed by atoms with Crippen LogP contribution in [0.1, 0.15) is 70.4 Å². The molecule has 2 heterocycles.